The zero-order chi connectivity index (χ0) is 17.9. The second-order valence-corrected chi connectivity index (χ2v) is 9.34. The van der Waals surface area contributed by atoms with Gasteiger partial charge in [0.05, 0.1) is 21.8 Å². The maximum atomic E-state index is 12.5. The van der Waals surface area contributed by atoms with Crippen molar-refractivity contribution in [2.45, 2.75) is 0 Å². The number of rotatable bonds is 4. The van der Waals surface area contributed by atoms with Crippen LogP contribution in [-0.2, 0) is 0 Å². The first-order valence-electron chi connectivity index (χ1n) is 8.14. The van der Waals surface area contributed by atoms with Crippen LogP contribution < -0.4 is 10.2 Å². The summed E-state index contributed by atoms with van der Waals surface area (Å²) in [6.45, 7) is 2.00. The molecule has 0 atom stereocenters. The normalized spacial score (nSPS) is 14.4. The highest BCUT2D eigenvalue weighted by Gasteiger charge is 2.16. The number of halogens is 1. The van der Waals surface area contributed by atoms with Gasteiger partial charge in [-0.2, -0.15) is 11.8 Å². The van der Waals surface area contributed by atoms with Crippen molar-refractivity contribution in [1.29, 1.82) is 0 Å². The number of aromatic nitrogens is 1. The third kappa shape index (κ3) is 3.91. The minimum Gasteiger partial charge on any atom is -0.369 e. The maximum Gasteiger partial charge on any atom is 0.267 e. The Morgan fingerprint density at radius 3 is 2.81 bits per heavy atom. The van der Waals surface area contributed by atoms with E-state index in [1.54, 1.807) is 17.5 Å². The molecule has 2 aromatic heterocycles. The van der Waals surface area contributed by atoms with Crippen LogP contribution in [0.3, 0.4) is 0 Å². The monoisotopic (exact) mass is 421 g/mol. The summed E-state index contributed by atoms with van der Waals surface area (Å²) < 4.78 is 0. The number of thioether (sulfide) groups is 1. The molecule has 4 rings (SSSR count). The van der Waals surface area contributed by atoms with Gasteiger partial charge in [0, 0.05) is 30.3 Å². The molecule has 0 unspecified atom stereocenters. The van der Waals surface area contributed by atoms with Crippen molar-refractivity contribution < 1.29 is 4.79 Å². The Bertz CT molecular complexity index is 904. The van der Waals surface area contributed by atoms with Gasteiger partial charge in [-0.3, -0.25) is 4.79 Å². The summed E-state index contributed by atoms with van der Waals surface area (Å²) in [6, 6.07) is 9.69. The Hall–Kier alpha value is -1.54. The SMILES string of the molecule is O=C(Nc1ccc(N2CCSCC2)c(Cl)c1)c1cnc(-c2cccs2)s1. The average molecular weight is 422 g/mol. The van der Waals surface area contributed by atoms with E-state index in [2.05, 4.69) is 15.2 Å². The van der Waals surface area contributed by atoms with E-state index in [4.69, 9.17) is 11.6 Å². The number of carbonyl (C=O) groups excluding carboxylic acids is 1. The number of hydrogen-bond donors (Lipinski definition) is 1. The summed E-state index contributed by atoms with van der Waals surface area (Å²) in [5.74, 6) is 2.07. The number of thiophene rings is 1. The highest BCUT2D eigenvalue weighted by Crippen LogP contribution is 2.32. The Morgan fingerprint density at radius 1 is 1.23 bits per heavy atom. The number of benzene rings is 1. The molecule has 134 valence electrons. The van der Waals surface area contributed by atoms with Crippen LogP contribution in [0.5, 0.6) is 0 Å². The van der Waals surface area contributed by atoms with Crippen LogP contribution in [-0.4, -0.2) is 35.5 Å². The van der Waals surface area contributed by atoms with Gasteiger partial charge in [-0.1, -0.05) is 17.7 Å². The fourth-order valence-electron chi connectivity index (χ4n) is 2.73. The summed E-state index contributed by atoms with van der Waals surface area (Å²) in [5.41, 5.74) is 1.73. The quantitative estimate of drug-likeness (QED) is 0.618. The number of carbonyl (C=O) groups is 1. The molecule has 0 saturated carbocycles. The minimum absolute atomic E-state index is 0.163. The van der Waals surface area contributed by atoms with Crippen LogP contribution in [0.1, 0.15) is 9.67 Å². The van der Waals surface area contributed by atoms with Crippen LogP contribution in [0.25, 0.3) is 9.88 Å². The molecule has 1 amide bonds. The van der Waals surface area contributed by atoms with E-state index >= 15 is 0 Å². The van der Waals surface area contributed by atoms with E-state index in [-0.39, 0.29) is 5.91 Å². The Kier molecular flexibility index (Phi) is 5.49. The van der Waals surface area contributed by atoms with Gasteiger partial charge in [0.1, 0.15) is 9.88 Å². The fourth-order valence-corrected chi connectivity index (χ4v) is 5.55. The van der Waals surface area contributed by atoms with Gasteiger partial charge >= 0.3 is 0 Å². The topological polar surface area (TPSA) is 45.2 Å². The molecule has 4 nitrogen and oxygen atoms in total. The smallest absolute Gasteiger partial charge is 0.267 e. The van der Waals surface area contributed by atoms with Crippen molar-refractivity contribution in [3.05, 3.63) is 51.8 Å². The lowest BCUT2D eigenvalue weighted by molar-refractivity contribution is 0.103. The molecule has 8 heteroatoms. The number of hydrogen-bond acceptors (Lipinski definition) is 6. The van der Waals surface area contributed by atoms with Gasteiger partial charge in [0.2, 0.25) is 0 Å². The van der Waals surface area contributed by atoms with Crippen molar-refractivity contribution in [2.24, 2.45) is 0 Å². The molecule has 1 aliphatic heterocycles. The molecule has 3 aromatic rings. The molecule has 0 radical (unpaired) electrons. The van der Waals surface area contributed by atoms with E-state index < -0.39 is 0 Å². The highest BCUT2D eigenvalue weighted by molar-refractivity contribution is 7.99. The molecule has 26 heavy (non-hydrogen) atoms. The lowest BCUT2D eigenvalue weighted by Gasteiger charge is -2.29. The third-order valence-electron chi connectivity index (χ3n) is 4.02. The van der Waals surface area contributed by atoms with E-state index in [9.17, 15) is 4.79 Å². The Labute approximate surface area is 169 Å². The van der Waals surface area contributed by atoms with E-state index in [0.29, 0.717) is 15.6 Å². The zero-order valence-corrected chi connectivity index (χ0v) is 17.0. The molecule has 0 spiro atoms. The van der Waals surface area contributed by atoms with Crippen LogP contribution in [0.4, 0.5) is 11.4 Å². The van der Waals surface area contributed by atoms with Gasteiger partial charge in [0.15, 0.2) is 0 Å². The third-order valence-corrected chi connectivity index (χ3v) is 7.30. The first kappa shape index (κ1) is 17.9. The molecule has 3 heterocycles. The summed E-state index contributed by atoms with van der Waals surface area (Å²) in [7, 11) is 0. The molecular formula is C18H16ClN3OS3. The predicted octanol–water partition coefficient (Wildman–Crippen LogP) is 5.33. The predicted molar refractivity (Wildman–Crippen MR) is 114 cm³/mol. The average Bonchev–Trinajstić information content (AvgIpc) is 3.34. The van der Waals surface area contributed by atoms with Crippen LogP contribution in [0.2, 0.25) is 5.02 Å². The van der Waals surface area contributed by atoms with Crippen molar-refractivity contribution in [1.82, 2.24) is 4.98 Å². The van der Waals surface area contributed by atoms with Gasteiger partial charge in [-0.25, -0.2) is 4.98 Å². The molecule has 1 aromatic carbocycles. The number of amides is 1. The lowest BCUT2D eigenvalue weighted by Crippen LogP contribution is -2.32. The maximum absolute atomic E-state index is 12.5. The molecule has 0 aliphatic carbocycles. The van der Waals surface area contributed by atoms with Crippen molar-refractivity contribution in [3.8, 4) is 9.88 Å². The molecule has 0 bridgehead atoms. The number of thiazole rings is 1. The van der Waals surface area contributed by atoms with Gasteiger partial charge < -0.3 is 10.2 Å². The second-order valence-electron chi connectivity index (χ2n) is 5.73. The van der Waals surface area contributed by atoms with Crippen molar-refractivity contribution in [3.63, 3.8) is 0 Å². The summed E-state index contributed by atoms with van der Waals surface area (Å²) >= 11 is 11.4. The Balaban J connectivity index is 1.47. The molecular weight excluding hydrogens is 406 g/mol. The van der Waals surface area contributed by atoms with Gasteiger partial charge in [0.25, 0.3) is 5.91 Å². The number of anilines is 2. The van der Waals surface area contributed by atoms with E-state index in [1.807, 2.05) is 47.5 Å². The van der Waals surface area contributed by atoms with Crippen LogP contribution in [0.15, 0.2) is 41.9 Å². The Morgan fingerprint density at radius 2 is 2.08 bits per heavy atom. The summed E-state index contributed by atoms with van der Waals surface area (Å²) in [5, 5.41) is 6.44. The highest BCUT2D eigenvalue weighted by atomic mass is 35.5. The first-order chi connectivity index (χ1) is 12.7. The molecule has 1 saturated heterocycles. The van der Waals surface area contributed by atoms with Gasteiger partial charge in [-0.15, -0.1) is 22.7 Å². The summed E-state index contributed by atoms with van der Waals surface area (Å²) in [4.78, 5) is 20.8. The zero-order valence-electron chi connectivity index (χ0n) is 13.8. The van der Waals surface area contributed by atoms with Crippen LogP contribution >= 0.6 is 46.0 Å². The number of nitrogens with zero attached hydrogens (tertiary/aromatic N) is 2. The van der Waals surface area contributed by atoms with E-state index in [0.717, 1.165) is 40.2 Å². The molecule has 1 N–H and O–H groups in total. The van der Waals surface area contributed by atoms with Crippen LogP contribution in [0, 0.1) is 0 Å². The second kappa shape index (κ2) is 8.00. The fraction of sp³-hybridized carbons (Fsp3) is 0.222. The first-order valence-corrected chi connectivity index (χ1v) is 11.4. The lowest BCUT2D eigenvalue weighted by atomic mass is 10.2. The number of nitrogens with one attached hydrogen (secondary N) is 1. The van der Waals surface area contributed by atoms with Gasteiger partial charge in [-0.05, 0) is 29.6 Å². The molecule has 1 aliphatic rings. The van der Waals surface area contributed by atoms with Crippen molar-refractivity contribution >= 4 is 63.3 Å². The van der Waals surface area contributed by atoms with E-state index in [1.165, 1.54) is 11.3 Å². The molecule has 1 fully saturated rings. The van der Waals surface area contributed by atoms with Crippen molar-refractivity contribution in [2.75, 3.05) is 34.8 Å². The largest absolute Gasteiger partial charge is 0.369 e. The summed E-state index contributed by atoms with van der Waals surface area (Å²) in [6.07, 6.45) is 1.62. The standard InChI is InChI=1S/C18H16ClN3OS3/c19-13-10-12(3-4-14(13)22-5-8-24-9-6-22)21-17(23)16-11-20-18(26-16)15-2-1-7-25-15/h1-4,7,10-11H,5-6,8-9H2,(H,21,23). The minimum atomic E-state index is -0.163.